The number of hydrogen-bond donors (Lipinski definition) is 1. The van der Waals surface area contributed by atoms with Crippen molar-refractivity contribution in [2.75, 3.05) is 0 Å². The number of benzene rings is 3. The van der Waals surface area contributed by atoms with E-state index in [1.165, 1.54) is 18.2 Å². The molecule has 0 saturated carbocycles. The molecule has 1 unspecified atom stereocenters. The molecule has 4 aromatic rings. The fourth-order valence-electron chi connectivity index (χ4n) is 4.98. The molecule has 0 fully saturated rings. The zero-order valence-corrected chi connectivity index (χ0v) is 20.8. The minimum Gasteiger partial charge on any atom is -0.273 e. The minimum absolute atomic E-state index is 0.0142. The molecule has 1 atom stereocenters. The molecule has 37 heavy (non-hydrogen) atoms. The first kappa shape index (κ1) is 25.2. The van der Waals surface area contributed by atoms with Crippen molar-refractivity contribution in [1.82, 2.24) is 9.71 Å². The first-order chi connectivity index (χ1) is 17.5. The summed E-state index contributed by atoms with van der Waals surface area (Å²) in [7, 11) is -4.33. The molecule has 0 saturated heterocycles. The highest BCUT2D eigenvalue weighted by Crippen LogP contribution is 2.44. The van der Waals surface area contributed by atoms with E-state index in [0.29, 0.717) is 33.3 Å². The van der Waals surface area contributed by atoms with Crippen molar-refractivity contribution in [3.05, 3.63) is 106 Å². The van der Waals surface area contributed by atoms with Crippen LogP contribution in [0.4, 0.5) is 13.2 Å². The maximum atomic E-state index is 13.9. The van der Waals surface area contributed by atoms with Crippen LogP contribution in [-0.4, -0.2) is 19.3 Å². The van der Waals surface area contributed by atoms with Gasteiger partial charge in [0, 0.05) is 22.5 Å². The number of pyridine rings is 1. The largest absolute Gasteiger partial charge is 0.433 e. The Kier molecular flexibility index (Phi) is 6.24. The number of fused-ring (bicyclic) bond motifs is 2. The van der Waals surface area contributed by atoms with Crippen LogP contribution in [0, 0.1) is 0 Å². The maximum absolute atomic E-state index is 13.9. The number of carbonyl (C=O) groups excluding carboxylic acids is 1. The van der Waals surface area contributed by atoms with Gasteiger partial charge in [0.15, 0.2) is 0 Å². The number of aromatic nitrogens is 1. The Morgan fingerprint density at radius 1 is 0.973 bits per heavy atom. The summed E-state index contributed by atoms with van der Waals surface area (Å²) in [5, 5.41) is 1.52. The predicted molar refractivity (Wildman–Crippen MR) is 134 cm³/mol. The van der Waals surface area contributed by atoms with Crippen LogP contribution in [0.15, 0.2) is 83.8 Å². The van der Waals surface area contributed by atoms with E-state index >= 15 is 0 Å². The Balaban J connectivity index is 1.59. The van der Waals surface area contributed by atoms with Crippen molar-refractivity contribution in [3.63, 3.8) is 0 Å². The molecule has 1 aliphatic rings. The summed E-state index contributed by atoms with van der Waals surface area (Å²) in [6, 6.07) is 20.0. The molecule has 1 N–H and O–H groups in total. The third-order valence-electron chi connectivity index (χ3n) is 6.72. The summed E-state index contributed by atoms with van der Waals surface area (Å²) < 4.78 is 69.1. The van der Waals surface area contributed by atoms with Crippen LogP contribution in [0.5, 0.6) is 0 Å². The highest BCUT2D eigenvalue weighted by molar-refractivity contribution is 7.90. The normalized spacial score (nSPS) is 17.5. The molecule has 10 heteroatoms. The summed E-state index contributed by atoms with van der Waals surface area (Å²) in [4.78, 5) is 17.5. The molecule has 3 aromatic carbocycles. The number of amides is 1. The van der Waals surface area contributed by atoms with E-state index in [1.54, 1.807) is 54.6 Å². The number of halogens is 4. The summed E-state index contributed by atoms with van der Waals surface area (Å²) in [5.74, 6) is -0.847. The fraction of sp³-hybridized carbons (Fsp3) is 0.185. The number of nitrogens with zero attached hydrogens (tertiary/aromatic N) is 1. The lowest BCUT2D eigenvalue weighted by Gasteiger charge is -2.29. The molecule has 5 rings (SSSR count). The van der Waals surface area contributed by atoms with Crippen LogP contribution in [0.1, 0.15) is 28.9 Å². The minimum atomic E-state index is -4.67. The summed E-state index contributed by atoms with van der Waals surface area (Å²) in [6.07, 6.45) is -4.39. The lowest BCUT2D eigenvalue weighted by atomic mass is 9.77. The van der Waals surface area contributed by atoms with Crippen molar-refractivity contribution in [1.29, 1.82) is 0 Å². The van der Waals surface area contributed by atoms with Crippen LogP contribution in [-0.2, 0) is 39.3 Å². The number of carbonyl (C=O) groups is 1. The Bertz CT molecular complexity index is 1630. The SMILES string of the molecule is O=C(NS(=O)(=O)c1cccc2ccccc12)C1(Cc2cccc(C(F)(F)F)n2)CCc2c(Cl)cccc21. The predicted octanol–water partition coefficient (Wildman–Crippen LogP) is 5.84. The van der Waals surface area contributed by atoms with Gasteiger partial charge in [-0.05, 0) is 53.6 Å². The van der Waals surface area contributed by atoms with E-state index in [0.717, 1.165) is 6.07 Å². The highest BCUT2D eigenvalue weighted by atomic mass is 35.5. The lowest BCUT2D eigenvalue weighted by Crippen LogP contribution is -2.47. The van der Waals surface area contributed by atoms with Gasteiger partial charge in [-0.15, -0.1) is 0 Å². The average Bonchev–Trinajstić information content (AvgIpc) is 3.24. The molecule has 1 heterocycles. The summed E-state index contributed by atoms with van der Waals surface area (Å²) in [6.45, 7) is 0. The standard InChI is InChI=1S/C27H20ClF3N2O3S/c28-22-11-5-10-21-20(22)14-15-26(21,16-18-8-4-13-24(32-18)27(29,30)31)25(34)33-37(35,36)23-12-3-7-17-6-1-2-9-19(17)23/h1-13H,14-16H2,(H,33,34). The van der Waals surface area contributed by atoms with Gasteiger partial charge in [-0.2, -0.15) is 13.2 Å². The van der Waals surface area contributed by atoms with Crippen molar-refractivity contribution >= 4 is 38.3 Å². The first-order valence-corrected chi connectivity index (χ1v) is 13.2. The Morgan fingerprint density at radius 2 is 1.68 bits per heavy atom. The van der Waals surface area contributed by atoms with Gasteiger partial charge in [0.05, 0.1) is 10.3 Å². The maximum Gasteiger partial charge on any atom is 0.433 e. The van der Waals surface area contributed by atoms with Crippen LogP contribution >= 0.6 is 11.6 Å². The van der Waals surface area contributed by atoms with Crippen LogP contribution in [0.2, 0.25) is 5.02 Å². The topological polar surface area (TPSA) is 76.1 Å². The van der Waals surface area contributed by atoms with E-state index < -0.39 is 33.2 Å². The Hall–Kier alpha value is -3.43. The molecule has 190 valence electrons. The summed E-state index contributed by atoms with van der Waals surface area (Å²) in [5.41, 5.74) is -1.43. The molecule has 0 aliphatic heterocycles. The molecule has 0 spiro atoms. The molecular weight excluding hydrogens is 525 g/mol. The second-order valence-corrected chi connectivity index (χ2v) is 11.0. The molecule has 0 bridgehead atoms. The lowest BCUT2D eigenvalue weighted by molar-refractivity contribution is -0.141. The zero-order chi connectivity index (χ0) is 26.4. The van der Waals surface area contributed by atoms with Gasteiger partial charge in [-0.25, -0.2) is 18.1 Å². The van der Waals surface area contributed by atoms with Crippen molar-refractivity contribution < 1.29 is 26.4 Å². The van der Waals surface area contributed by atoms with E-state index in [9.17, 15) is 26.4 Å². The average molecular weight is 545 g/mol. The van der Waals surface area contributed by atoms with Crippen molar-refractivity contribution in [2.45, 2.75) is 35.7 Å². The number of alkyl halides is 3. The molecule has 1 amide bonds. The van der Waals surface area contributed by atoms with E-state index in [4.69, 9.17) is 11.6 Å². The molecule has 0 radical (unpaired) electrons. The van der Waals surface area contributed by atoms with Crippen LogP contribution < -0.4 is 4.72 Å². The molecular formula is C27H20ClF3N2O3S. The third-order valence-corrected chi connectivity index (χ3v) is 8.46. The number of rotatable bonds is 5. The second-order valence-electron chi connectivity index (χ2n) is 8.95. The van der Waals surface area contributed by atoms with Crippen LogP contribution in [0.25, 0.3) is 10.8 Å². The monoisotopic (exact) mass is 544 g/mol. The Morgan fingerprint density at radius 3 is 2.46 bits per heavy atom. The second kappa shape index (κ2) is 9.15. The van der Waals surface area contributed by atoms with Gasteiger partial charge < -0.3 is 0 Å². The van der Waals surface area contributed by atoms with Crippen molar-refractivity contribution in [3.8, 4) is 0 Å². The number of sulfonamides is 1. The van der Waals surface area contributed by atoms with Gasteiger partial charge in [-0.1, -0.05) is 66.2 Å². The van der Waals surface area contributed by atoms with E-state index in [2.05, 4.69) is 9.71 Å². The smallest absolute Gasteiger partial charge is 0.273 e. The number of hydrogen-bond acceptors (Lipinski definition) is 4. The fourth-order valence-corrected chi connectivity index (χ4v) is 6.54. The molecule has 1 aromatic heterocycles. The van der Waals surface area contributed by atoms with E-state index in [-0.39, 0.29) is 23.4 Å². The first-order valence-electron chi connectivity index (χ1n) is 11.4. The zero-order valence-electron chi connectivity index (χ0n) is 19.2. The van der Waals surface area contributed by atoms with Crippen LogP contribution in [0.3, 0.4) is 0 Å². The van der Waals surface area contributed by atoms with Crippen molar-refractivity contribution in [2.24, 2.45) is 0 Å². The van der Waals surface area contributed by atoms with Gasteiger partial charge in [0.25, 0.3) is 10.0 Å². The third kappa shape index (κ3) is 4.57. The quantitative estimate of drug-likeness (QED) is 0.342. The molecule has 5 nitrogen and oxygen atoms in total. The van der Waals surface area contributed by atoms with Gasteiger partial charge in [0.1, 0.15) is 5.69 Å². The Labute approximate surface area is 216 Å². The number of nitrogens with one attached hydrogen (secondary N) is 1. The highest BCUT2D eigenvalue weighted by Gasteiger charge is 2.48. The summed E-state index contributed by atoms with van der Waals surface area (Å²) >= 11 is 6.37. The van der Waals surface area contributed by atoms with Gasteiger partial charge in [-0.3, -0.25) is 4.79 Å². The van der Waals surface area contributed by atoms with Gasteiger partial charge >= 0.3 is 6.18 Å². The molecule has 1 aliphatic carbocycles. The van der Waals surface area contributed by atoms with Gasteiger partial charge in [0.2, 0.25) is 5.91 Å². The van der Waals surface area contributed by atoms with E-state index in [1.807, 2.05) is 0 Å².